The highest BCUT2D eigenvalue weighted by atomic mass is 35.5. The Labute approximate surface area is 184 Å². The van der Waals surface area contributed by atoms with Crippen molar-refractivity contribution >= 4 is 23.3 Å². The molecule has 31 heavy (non-hydrogen) atoms. The lowest BCUT2D eigenvalue weighted by molar-refractivity contribution is -0.138. The van der Waals surface area contributed by atoms with Gasteiger partial charge in [-0.15, -0.1) is 0 Å². The summed E-state index contributed by atoms with van der Waals surface area (Å²) in [5.74, 6) is 1.20. The first-order chi connectivity index (χ1) is 14.7. The fourth-order valence-electron chi connectivity index (χ4n) is 3.46. The van der Waals surface area contributed by atoms with Gasteiger partial charge >= 0.3 is 6.18 Å². The molecule has 1 unspecified atom stereocenters. The van der Waals surface area contributed by atoms with Crippen LogP contribution in [0.3, 0.4) is 0 Å². The minimum atomic E-state index is -4.49. The topological polar surface area (TPSA) is 45.7 Å². The summed E-state index contributed by atoms with van der Waals surface area (Å²) in [6, 6.07) is 8.59. The molecule has 0 N–H and O–H groups in total. The van der Waals surface area contributed by atoms with E-state index < -0.39 is 11.7 Å². The van der Waals surface area contributed by atoms with Gasteiger partial charge in [0, 0.05) is 32.4 Å². The van der Waals surface area contributed by atoms with Crippen molar-refractivity contribution in [2.45, 2.75) is 32.4 Å². The van der Waals surface area contributed by atoms with Crippen LogP contribution in [0.1, 0.15) is 37.3 Å². The van der Waals surface area contributed by atoms with E-state index in [4.69, 9.17) is 16.3 Å². The van der Waals surface area contributed by atoms with Crippen LogP contribution in [0.2, 0.25) is 5.02 Å². The Balaban J connectivity index is 1.56. The van der Waals surface area contributed by atoms with Crippen molar-refractivity contribution in [3.8, 4) is 5.75 Å². The maximum atomic E-state index is 12.8. The fourth-order valence-corrected chi connectivity index (χ4v) is 3.74. The number of hydrogen-bond donors (Lipinski definition) is 0. The Morgan fingerprint density at radius 2 is 1.90 bits per heavy atom. The molecule has 1 aromatic carbocycles. The molecule has 1 saturated heterocycles. The number of ether oxygens (including phenoxy) is 1. The molecule has 1 aliphatic rings. The van der Waals surface area contributed by atoms with E-state index in [0.717, 1.165) is 24.2 Å². The zero-order chi connectivity index (χ0) is 22.6. The van der Waals surface area contributed by atoms with E-state index in [0.29, 0.717) is 43.7 Å². The quantitative estimate of drug-likeness (QED) is 0.615. The Hall–Kier alpha value is -2.48. The molecule has 9 heteroatoms. The molecule has 1 amide bonds. The van der Waals surface area contributed by atoms with Crippen LogP contribution in [0.5, 0.6) is 5.75 Å². The molecule has 3 rings (SSSR count). The normalized spacial score (nSPS) is 15.7. The molecule has 2 aromatic rings. The van der Waals surface area contributed by atoms with E-state index in [1.165, 1.54) is 0 Å². The Morgan fingerprint density at radius 1 is 1.23 bits per heavy atom. The maximum Gasteiger partial charge on any atom is 0.417 e. The lowest BCUT2D eigenvalue weighted by Gasteiger charge is -2.35. The van der Waals surface area contributed by atoms with E-state index in [-0.39, 0.29) is 17.5 Å². The first-order valence-electron chi connectivity index (χ1n) is 10.2. The maximum absolute atomic E-state index is 12.8. The molecular formula is C22H25ClF3N3O2. The van der Waals surface area contributed by atoms with Gasteiger partial charge in [0.25, 0.3) is 5.91 Å². The Kier molecular flexibility index (Phi) is 7.30. The van der Waals surface area contributed by atoms with E-state index in [1.807, 2.05) is 24.3 Å². The van der Waals surface area contributed by atoms with Crippen LogP contribution in [0, 0.1) is 0 Å². The lowest BCUT2D eigenvalue weighted by Crippen LogP contribution is -2.50. The van der Waals surface area contributed by atoms with Gasteiger partial charge in [-0.2, -0.15) is 13.2 Å². The minimum Gasteiger partial charge on any atom is -0.483 e. The molecule has 1 fully saturated rings. The zero-order valence-corrected chi connectivity index (χ0v) is 18.2. The van der Waals surface area contributed by atoms with Gasteiger partial charge in [0.1, 0.15) is 11.6 Å². The number of alkyl halides is 3. The average Bonchev–Trinajstić information content (AvgIpc) is 2.76. The number of amides is 1. The van der Waals surface area contributed by atoms with E-state index in [2.05, 4.69) is 18.8 Å². The van der Waals surface area contributed by atoms with Crippen molar-refractivity contribution < 1.29 is 22.7 Å². The summed E-state index contributed by atoms with van der Waals surface area (Å²) in [5, 5.41) is -0.0559. The van der Waals surface area contributed by atoms with Gasteiger partial charge in [0.2, 0.25) is 0 Å². The van der Waals surface area contributed by atoms with Crippen molar-refractivity contribution in [3.05, 3.63) is 52.7 Å². The van der Waals surface area contributed by atoms with E-state index in [1.54, 1.807) is 9.80 Å². The van der Waals surface area contributed by atoms with Gasteiger partial charge in [0.15, 0.2) is 6.61 Å². The summed E-state index contributed by atoms with van der Waals surface area (Å²) in [7, 11) is 0. The third kappa shape index (κ3) is 5.61. The predicted molar refractivity (Wildman–Crippen MR) is 114 cm³/mol. The third-order valence-electron chi connectivity index (χ3n) is 5.49. The van der Waals surface area contributed by atoms with Crippen molar-refractivity contribution in [2.75, 3.05) is 37.7 Å². The van der Waals surface area contributed by atoms with Gasteiger partial charge in [0.05, 0.1) is 10.6 Å². The second kappa shape index (κ2) is 9.77. The molecule has 0 radical (unpaired) electrons. The number of nitrogens with zero attached hydrogens (tertiary/aromatic N) is 3. The molecule has 0 bridgehead atoms. The van der Waals surface area contributed by atoms with E-state index in [9.17, 15) is 18.0 Å². The molecule has 2 heterocycles. The van der Waals surface area contributed by atoms with Gasteiger partial charge in [-0.3, -0.25) is 4.79 Å². The molecule has 0 aliphatic carbocycles. The van der Waals surface area contributed by atoms with Crippen molar-refractivity contribution in [1.29, 1.82) is 0 Å². The van der Waals surface area contributed by atoms with Gasteiger partial charge in [-0.25, -0.2) is 4.98 Å². The van der Waals surface area contributed by atoms with E-state index >= 15 is 0 Å². The van der Waals surface area contributed by atoms with Crippen LogP contribution in [0.4, 0.5) is 19.0 Å². The van der Waals surface area contributed by atoms with Crippen LogP contribution in [-0.2, 0) is 11.0 Å². The van der Waals surface area contributed by atoms with Crippen LogP contribution in [0.25, 0.3) is 0 Å². The summed E-state index contributed by atoms with van der Waals surface area (Å²) >= 11 is 6.03. The number of hydrogen-bond acceptors (Lipinski definition) is 4. The fraction of sp³-hybridized carbons (Fsp3) is 0.455. The van der Waals surface area contributed by atoms with Gasteiger partial charge in [-0.1, -0.05) is 43.6 Å². The minimum absolute atomic E-state index is 0.0559. The number of piperazine rings is 1. The molecule has 0 spiro atoms. The lowest BCUT2D eigenvalue weighted by atomic mass is 9.98. The molecule has 1 aromatic heterocycles. The van der Waals surface area contributed by atoms with Crippen molar-refractivity contribution in [2.24, 2.45) is 0 Å². The highest BCUT2D eigenvalue weighted by Crippen LogP contribution is 2.34. The molecule has 0 saturated carbocycles. The first-order valence-corrected chi connectivity index (χ1v) is 10.6. The van der Waals surface area contributed by atoms with Crippen LogP contribution in [0.15, 0.2) is 36.5 Å². The number of carbonyl (C=O) groups excluding carboxylic acids is 1. The number of aromatic nitrogens is 1. The smallest absolute Gasteiger partial charge is 0.417 e. The zero-order valence-electron chi connectivity index (χ0n) is 17.5. The highest BCUT2D eigenvalue weighted by Gasteiger charge is 2.32. The van der Waals surface area contributed by atoms with Crippen LogP contribution >= 0.6 is 11.6 Å². The first kappa shape index (κ1) is 23.2. The molecule has 5 nitrogen and oxygen atoms in total. The monoisotopic (exact) mass is 455 g/mol. The number of rotatable bonds is 6. The third-order valence-corrected chi connectivity index (χ3v) is 5.77. The SMILES string of the molecule is CCC(C)c1ccccc1OCC(=O)N1CCN(c2ncc(C(F)(F)F)cc2Cl)CC1. The number of halogens is 4. The molecule has 1 atom stereocenters. The Morgan fingerprint density at radius 3 is 2.52 bits per heavy atom. The number of pyridine rings is 1. The van der Waals surface area contributed by atoms with Crippen LogP contribution < -0.4 is 9.64 Å². The van der Waals surface area contributed by atoms with Crippen molar-refractivity contribution in [1.82, 2.24) is 9.88 Å². The largest absolute Gasteiger partial charge is 0.483 e. The van der Waals surface area contributed by atoms with Crippen molar-refractivity contribution in [3.63, 3.8) is 0 Å². The summed E-state index contributed by atoms with van der Waals surface area (Å²) < 4.78 is 44.2. The number of para-hydroxylation sites is 1. The number of anilines is 1. The molecule has 168 valence electrons. The number of carbonyl (C=O) groups is 1. The predicted octanol–water partition coefficient (Wildman–Crippen LogP) is 4.99. The summed E-state index contributed by atoms with van der Waals surface area (Å²) in [5.41, 5.74) is 0.190. The summed E-state index contributed by atoms with van der Waals surface area (Å²) in [6.45, 7) is 5.82. The van der Waals surface area contributed by atoms with Crippen LogP contribution in [-0.4, -0.2) is 48.6 Å². The number of benzene rings is 1. The average molecular weight is 456 g/mol. The second-order valence-electron chi connectivity index (χ2n) is 7.53. The van der Waals surface area contributed by atoms with Gasteiger partial charge in [-0.05, 0) is 30.0 Å². The standard InChI is InChI=1S/C22H25ClF3N3O2/c1-3-15(2)17-6-4-5-7-19(17)31-14-20(30)28-8-10-29(11-9-28)21-18(23)12-16(13-27-21)22(24,25)26/h4-7,12-13,15H,3,8-11,14H2,1-2H3. The summed E-state index contributed by atoms with van der Waals surface area (Å²) in [4.78, 5) is 20.0. The van der Waals surface area contributed by atoms with Gasteiger partial charge < -0.3 is 14.5 Å². The highest BCUT2D eigenvalue weighted by molar-refractivity contribution is 6.33. The molecule has 1 aliphatic heterocycles. The Bertz CT molecular complexity index is 915. The molecular weight excluding hydrogens is 431 g/mol. The summed E-state index contributed by atoms with van der Waals surface area (Å²) in [6.07, 6.45) is -2.74. The second-order valence-corrected chi connectivity index (χ2v) is 7.94.